The number of rotatable bonds is 16. The second kappa shape index (κ2) is 24.2. The lowest BCUT2D eigenvalue weighted by molar-refractivity contribution is -0.384. The van der Waals surface area contributed by atoms with E-state index < -0.39 is 43.1 Å². The number of carbonyl (C=O) groups excluding carboxylic acids is 1. The normalized spacial score (nSPS) is 25.1. The second-order valence-corrected chi connectivity index (χ2v) is 27.9. The summed E-state index contributed by atoms with van der Waals surface area (Å²) in [6.45, 7) is 13.3. The Morgan fingerprint density at radius 3 is 2.46 bits per heavy atom. The zero-order valence-electron chi connectivity index (χ0n) is 50.4. The van der Waals surface area contributed by atoms with Crippen LogP contribution in [0, 0.1) is 27.4 Å². The van der Waals surface area contributed by atoms with Gasteiger partial charge in [0.15, 0.2) is 11.6 Å². The monoisotopic (exact) mass is 1210 g/mol. The van der Waals surface area contributed by atoms with Crippen LogP contribution >= 0.6 is 0 Å². The fourth-order valence-corrected chi connectivity index (χ4v) is 16.3. The van der Waals surface area contributed by atoms with Crippen LogP contribution in [0.4, 0.5) is 34.3 Å². The lowest BCUT2D eigenvalue weighted by Crippen LogP contribution is -2.57. The van der Waals surface area contributed by atoms with E-state index in [1.54, 1.807) is 13.2 Å². The van der Waals surface area contributed by atoms with Crippen molar-refractivity contribution in [2.24, 2.45) is 17.3 Å². The number of nitro groups is 1. The van der Waals surface area contributed by atoms with Gasteiger partial charge in [-0.1, -0.05) is 38.1 Å². The Labute approximate surface area is 509 Å². The van der Waals surface area contributed by atoms with Crippen LogP contribution in [-0.4, -0.2) is 141 Å². The number of ether oxygens (including phenoxy) is 4. The van der Waals surface area contributed by atoms with Crippen molar-refractivity contribution < 1.29 is 42.2 Å². The molecule has 4 N–H and O–H groups in total. The molecule has 6 fully saturated rings. The van der Waals surface area contributed by atoms with E-state index in [4.69, 9.17) is 28.9 Å². The van der Waals surface area contributed by atoms with Crippen molar-refractivity contribution in [3.05, 3.63) is 124 Å². The Balaban J connectivity index is 0.743. The van der Waals surface area contributed by atoms with Gasteiger partial charge in [-0.25, -0.2) is 18.1 Å². The molecule has 4 atom stereocenters. The van der Waals surface area contributed by atoms with E-state index in [-0.39, 0.29) is 28.6 Å². The Hall–Kier alpha value is -7.04. The number of nitrogens with zero attached hydrogens (tertiary/aromatic N) is 7. The van der Waals surface area contributed by atoms with Gasteiger partial charge in [0, 0.05) is 80.9 Å². The Bertz CT molecular complexity index is 3620. The van der Waals surface area contributed by atoms with Crippen molar-refractivity contribution in [2.75, 3.05) is 92.8 Å². The van der Waals surface area contributed by atoms with Gasteiger partial charge in [-0.15, -0.1) is 0 Å². The highest BCUT2D eigenvalue weighted by Crippen LogP contribution is 2.55. The standard InChI is InChI=1S/C66H82N10O10S/c1-42(2)50-7-5-6-8-51(50)55-32-44(31-45-33-59(83-4)62(69-40-45)73-26-29-84-30-27-73)16-23-74(55)48-37-66(38-48)20-24-72(25-21-66)47-9-11-52(56(35-47)75-54-17-28-85-41-60(54)86-64-58(75)34-46-15-22-67-61(46)70-64)63(77)71-87(81,82)49-10-12-53(57(36-49)76(79)80)68-39-43-13-18-65(3,78)19-14-43/h5-12,15,22,33-36,40,42-44,48,54-55,60,68,78H,13-14,16-21,23-32,37-39,41H2,1-4H3,(H,67,70)(H,71,77)/t43?,44-,54+,55-,60+,65?/m1/s1. The van der Waals surface area contributed by atoms with E-state index in [0.717, 1.165) is 119 Å². The van der Waals surface area contributed by atoms with Gasteiger partial charge in [0.25, 0.3) is 21.6 Å². The summed E-state index contributed by atoms with van der Waals surface area (Å²) >= 11 is 0. The minimum atomic E-state index is -4.65. The zero-order valence-corrected chi connectivity index (χ0v) is 51.2. The number of nitro benzene ring substituents is 1. The molecule has 0 bridgehead atoms. The first-order valence-corrected chi connectivity index (χ1v) is 32.9. The van der Waals surface area contributed by atoms with Crippen LogP contribution in [0.1, 0.15) is 130 Å². The molecule has 8 heterocycles. The van der Waals surface area contributed by atoms with Crippen molar-refractivity contribution >= 4 is 61.2 Å². The maximum absolute atomic E-state index is 14.9. The van der Waals surface area contributed by atoms with Gasteiger partial charge in [0.1, 0.15) is 23.1 Å². The van der Waals surface area contributed by atoms with Crippen molar-refractivity contribution in [2.45, 2.75) is 138 Å². The number of aromatic amines is 1. The molecule has 0 radical (unpaired) electrons. The molecule has 3 aromatic heterocycles. The summed E-state index contributed by atoms with van der Waals surface area (Å²) in [5.74, 6) is 2.28. The average Bonchev–Trinajstić information content (AvgIpc) is 1.53. The summed E-state index contributed by atoms with van der Waals surface area (Å²) in [7, 11) is -2.91. The number of benzene rings is 3. The van der Waals surface area contributed by atoms with Gasteiger partial charge >= 0.3 is 0 Å². The highest BCUT2D eigenvalue weighted by molar-refractivity contribution is 7.90. The highest BCUT2D eigenvalue weighted by atomic mass is 32.2. The number of amides is 1. The third-order valence-corrected chi connectivity index (χ3v) is 21.6. The van der Waals surface area contributed by atoms with Crippen LogP contribution in [0.2, 0.25) is 0 Å². The molecule has 5 aliphatic heterocycles. The molecule has 1 spiro atoms. The van der Waals surface area contributed by atoms with E-state index in [2.05, 4.69) is 85.0 Å². The molecule has 3 aromatic carbocycles. The van der Waals surface area contributed by atoms with Crippen molar-refractivity contribution in [1.29, 1.82) is 0 Å². The molecule has 0 unspecified atom stereocenters. The molecule has 2 aliphatic carbocycles. The molecule has 462 valence electrons. The maximum atomic E-state index is 14.9. The third-order valence-electron chi connectivity index (χ3n) is 20.2. The van der Waals surface area contributed by atoms with Crippen LogP contribution in [-0.2, 0) is 25.9 Å². The number of nitrogens with one attached hydrogen (secondary N) is 3. The van der Waals surface area contributed by atoms with E-state index in [1.165, 1.54) is 28.8 Å². The lowest BCUT2D eigenvalue weighted by Gasteiger charge is -2.58. The van der Waals surface area contributed by atoms with Crippen LogP contribution < -0.4 is 34.2 Å². The second-order valence-electron chi connectivity index (χ2n) is 26.2. The molecule has 2 saturated carbocycles. The summed E-state index contributed by atoms with van der Waals surface area (Å²) in [5.41, 5.74) is 6.12. The SMILES string of the molecule is COc1cc(C[C@H]2CCN(C3CC4(CCN(c5ccc(C(=O)NS(=O)(=O)c6ccc(NCC7CCC(C)(O)CC7)c([N+](=O)[O-])c6)c(N6c7cc8cc[nH]c8nc7O[C@H]7COCC[C@@H]76)c5)CC4)C3)[C@@H](c3ccccc3C(C)C)C2)cnc1N1CCOCC1. The predicted molar refractivity (Wildman–Crippen MR) is 334 cm³/mol. The van der Waals surface area contributed by atoms with E-state index in [9.17, 15) is 28.4 Å². The number of morpholine rings is 1. The molecular weight excluding hydrogens is 1120 g/mol. The number of hydrogen-bond donors (Lipinski definition) is 4. The topological polar surface area (TPSA) is 230 Å². The Morgan fingerprint density at radius 1 is 0.897 bits per heavy atom. The molecule has 20 nitrogen and oxygen atoms in total. The summed E-state index contributed by atoms with van der Waals surface area (Å²) in [6, 6.07) is 25.0. The summed E-state index contributed by atoms with van der Waals surface area (Å²) < 4.78 is 55.1. The summed E-state index contributed by atoms with van der Waals surface area (Å²) in [5, 5.41) is 26.9. The fourth-order valence-electron chi connectivity index (χ4n) is 15.3. The van der Waals surface area contributed by atoms with Gasteiger partial charge in [-0.2, -0.15) is 4.98 Å². The first-order chi connectivity index (χ1) is 42.0. The molecule has 7 aliphatic rings. The molecule has 87 heavy (non-hydrogen) atoms. The number of likely N-dealkylation sites (tertiary alicyclic amines) is 1. The van der Waals surface area contributed by atoms with Crippen LogP contribution in [0.15, 0.2) is 96.2 Å². The van der Waals surface area contributed by atoms with Crippen LogP contribution in [0.3, 0.4) is 0 Å². The van der Waals surface area contributed by atoms with Crippen molar-refractivity contribution in [3.8, 4) is 11.6 Å². The minimum Gasteiger partial charge on any atom is -0.493 e. The number of pyridine rings is 2. The van der Waals surface area contributed by atoms with E-state index >= 15 is 0 Å². The fraction of sp³-hybridized carbons (Fsp3) is 0.530. The van der Waals surface area contributed by atoms with Crippen molar-refractivity contribution in [3.63, 3.8) is 0 Å². The van der Waals surface area contributed by atoms with Crippen molar-refractivity contribution in [1.82, 2.24) is 24.6 Å². The third kappa shape index (κ3) is 12.1. The van der Waals surface area contributed by atoms with E-state index in [1.807, 2.05) is 37.4 Å². The molecule has 1 amide bonds. The number of aliphatic hydroxyl groups is 1. The van der Waals surface area contributed by atoms with Crippen LogP contribution in [0.5, 0.6) is 11.6 Å². The number of anilines is 5. The number of aromatic nitrogens is 3. The molecular formula is C66H82N10O10S. The molecule has 21 heteroatoms. The summed E-state index contributed by atoms with van der Waals surface area (Å²) in [6.07, 6.45) is 14.2. The van der Waals surface area contributed by atoms with Gasteiger partial charge in [0.05, 0.1) is 59.6 Å². The van der Waals surface area contributed by atoms with Gasteiger partial charge < -0.3 is 49.1 Å². The smallest absolute Gasteiger partial charge is 0.293 e. The lowest BCUT2D eigenvalue weighted by atomic mass is 9.59. The van der Waals surface area contributed by atoms with Gasteiger partial charge in [-0.05, 0) is 179 Å². The number of H-pyrrole nitrogens is 1. The Kier molecular flexibility index (Phi) is 16.4. The number of sulfonamides is 1. The molecule has 6 aromatic rings. The minimum absolute atomic E-state index is 0.111. The maximum Gasteiger partial charge on any atom is 0.293 e. The average molecular weight is 1210 g/mol. The van der Waals surface area contributed by atoms with E-state index in [0.29, 0.717) is 99.1 Å². The number of piperidine rings is 2. The zero-order chi connectivity index (χ0) is 60.2. The number of hydrogen-bond acceptors (Lipinski definition) is 17. The predicted octanol–water partition coefficient (Wildman–Crippen LogP) is 10.4. The number of fused-ring (bicyclic) bond motifs is 3. The quantitative estimate of drug-likeness (QED) is 0.0521. The highest BCUT2D eigenvalue weighted by Gasteiger charge is 2.51. The molecule has 4 saturated heterocycles. The Morgan fingerprint density at radius 2 is 1.69 bits per heavy atom. The van der Waals surface area contributed by atoms with Gasteiger partial charge in [0.2, 0.25) is 5.88 Å². The van der Waals surface area contributed by atoms with Gasteiger partial charge in [-0.3, -0.25) is 19.8 Å². The number of carbonyl (C=O) groups is 1. The largest absolute Gasteiger partial charge is 0.493 e. The summed E-state index contributed by atoms with van der Waals surface area (Å²) in [4.78, 5) is 49.0. The molecule has 13 rings (SSSR count). The number of methoxy groups -OCH3 is 1. The van der Waals surface area contributed by atoms with Crippen LogP contribution in [0.25, 0.3) is 11.0 Å². The first kappa shape index (κ1) is 59.0. The first-order valence-electron chi connectivity index (χ1n) is 31.4.